The van der Waals surface area contributed by atoms with E-state index in [0.717, 1.165) is 26.2 Å². The summed E-state index contributed by atoms with van der Waals surface area (Å²) in [5, 5.41) is 13.6. The minimum absolute atomic E-state index is 0.0216. The second kappa shape index (κ2) is 6.29. The van der Waals surface area contributed by atoms with Crippen molar-refractivity contribution in [1.29, 1.82) is 0 Å². The molecule has 0 bridgehead atoms. The molecule has 0 aromatic rings. The molecule has 1 aliphatic rings. The van der Waals surface area contributed by atoms with Crippen LogP contribution in [0, 0.1) is 0 Å². The average molecular weight is 189 g/mol. The summed E-state index contributed by atoms with van der Waals surface area (Å²) in [6.07, 6.45) is 1.27. The van der Waals surface area contributed by atoms with Gasteiger partial charge in [-0.25, -0.2) is 5.11 Å². The van der Waals surface area contributed by atoms with Gasteiger partial charge in [0.05, 0.1) is 13.3 Å². The first-order valence-corrected chi connectivity index (χ1v) is 4.97. The van der Waals surface area contributed by atoms with Crippen LogP contribution < -0.4 is 5.32 Å². The largest absolute Gasteiger partial charge is 0.314 e. The van der Waals surface area contributed by atoms with Gasteiger partial charge in [0.1, 0.15) is 0 Å². The molecule has 1 heterocycles. The Morgan fingerprint density at radius 1 is 1.54 bits per heavy atom. The van der Waals surface area contributed by atoms with E-state index >= 15 is 0 Å². The van der Waals surface area contributed by atoms with Crippen molar-refractivity contribution in [2.24, 2.45) is 0 Å². The van der Waals surface area contributed by atoms with Gasteiger partial charge >= 0.3 is 0 Å². The molecule has 77 valence electrons. The Hall–Kier alpha value is -0.190. The van der Waals surface area contributed by atoms with E-state index in [1.54, 1.807) is 0 Å². The van der Waals surface area contributed by atoms with E-state index in [2.05, 4.69) is 10.2 Å². The Morgan fingerprint density at radius 3 is 3.08 bits per heavy atom. The lowest BCUT2D eigenvalue weighted by Gasteiger charge is -2.35. The van der Waals surface area contributed by atoms with Crippen molar-refractivity contribution >= 4 is 0 Å². The molecule has 1 fully saturated rings. The topological polar surface area (TPSA) is 35.2 Å². The van der Waals surface area contributed by atoms with Crippen molar-refractivity contribution < 1.29 is 9.50 Å². The fourth-order valence-corrected chi connectivity index (χ4v) is 1.78. The van der Waals surface area contributed by atoms with Crippen LogP contribution in [0.4, 0.5) is 4.39 Å². The average Bonchev–Trinajstić information content (AvgIpc) is 2.17. The minimum atomic E-state index is -0.264. The molecular formula is C9H18FN2O. The van der Waals surface area contributed by atoms with Crippen molar-refractivity contribution in [3.8, 4) is 0 Å². The molecule has 0 aromatic heterocycles. The third kappa shape index (κ3) is 3.58. The van der Waals surface area contributed by atoms with Crippen LogP contribution in [0.2, 0.25) is 0 Å². The van der Waals surface area contributed by atoms with E-state index in [1.165, 1.54) is 0 Å². The molecule has 1 unspecified atom stereocenters. The summed E-state index contributed by atoms with van der Waals surface area (Å²) in [6, 6.07) is 0.297. The minimum Gasteiger partial charge on any atom is -0.314 e. The third-order valence-corrected chi connectivity index (χ3v) is 2.50. The van der Waals surface area contributed by atoms with Crippen molar-refractivity contribution in [3.63, 3.8) is 0 Å². The SMILES string of the molecule is [O]CCCN1CCNCC1CCF. The van der Waals surface area contributed by atoms with E-state index < -0.39 is 0 Å². The van der Waals surface area contributed by atoms with Crippen LogP contribution in [0.5, 0.6) is 0 Å². The summed E-state index contributed by atoms with van der Waals surface area (Å²) in [6.45, 7) is 3.32. The molecule has 13 heavy (non-hydrogen) atoms. The van der Waals surface area contributed by atoms with Gasteiger partial charge < -0.3 is 5.32 Å². The lowest BCUT2D eigenvalue weighted by Crippen LogP contribution is -2.51. The Kier molecular flexibility index (Phi) is 5.27. The molecule has 3 nitrogen and oxygen atoms in total. The number of halogens is 1. The lowest BCUT2D eigenvalue weighted by atomic mass is 10.1. The Labute approximate surface area is 78.9 Å². The van der Waals surface area contributed by atoms with Gasteiger partial charge in [0.25, 0.3) is 0 Å². The lowest BCUT2D eigenvalue weighted by molar-refractivity contribution is 0.118. The van der Waals surface area contributed by atoms with Gasteiger partial charge in [0, 0.05) is 32.2 Å². The maximum Gasteiger partial charge on any atom is 0.0909 e. The summed E-state index contributed by atoms with van der Waals surface area (Å²) in [7, 11) is 0. The van der Waals surface area contributed by atoms with Crippen molar-refractivity contribution in [2.45, 2.75) is 18.9 Å². The van der Waals surface area contributed by atoms with Crippen LogP contribution in [0.15, 0.2) is 0 Å². The quantitative estimate of drug-likeness (QED) is 0.681. The fraction of sp³-hybridized carbons (Fsp3) is 1.00. The van der Waals surface area contributed by atoms with Gasteiger partial charge in [-0.1, -0.05) is 0 Å². The molecule has 1 saturated heterocycles. The summed E-state index contributed by atoms with van der Waals surface area (Å²) < 4.78 is 12.2. The predicted molar refractivity (Wildman–Crippen MR) is 49.0 cm³/mol. The standard InChI is InChI=1S/C9H18FN2O/c10-3-2-9-8-11-4-6-12(9)5-1-7-13/h9,11H,1-8H2. The molecule has 0 spiro atoms. The van der Waals surface area contributed by atoms with E-state index in [9.17, 15) is 9.50 Å². The first-order valence-electron chi connectivity index (χ1n) is 4.97. The van der Waals surface area contributed by atoms with Gasteiger partial charge in [0.15, 0.2) is 0 Å². The molecule has 1 aliphatic heterocycles. The molecule has 0 amide bonds. The number of nitrogens with zero attached hydrogens (tertiary/aromatic N) is 1. The molecule has 1 rings (SSSR count). The summed E-state index contributed by atoms with van der Waals surface area (Å²) in [5.74, 6) is 0. The highest BCUT2D eigenvalue weighted by molar-refractivity contribution is 4.79. The predicted octanol–water partition coefficient (Wildman–Crippen LogP) is 0.440. The van der Waals surface area contributed by atoms with Crippen LogP contribution >= 0.6 is 0 Å². The number of piperazine rings is 1. The number of rotatable bonds is 5. The second-order valence-corrected chi connectivity index (χ2v) is 3.43. The van der Waals surface area contributed by atoms with Gasteiger partial charge in [-0.3, -0.25) is 9.29 Å². The highest BCUT2D eigenvalue weighted by Gasteiger charge is 2.20. The zero-order valence-electron chi connectivity index (χ0n) is 7.97. The maximum absolute atomic E-state index is 12.2. The zero-order chi connectivity index (χ0) is 9.52. The summed E-state index contributed by atoms with van der Waals surface area (Å²) in [5.41, 5.74) is 0. The summed E-state index contributed by atoms with van der Waals surface area (Å²) >= 11 is 0. The van der Waals surface area contributed by atoms with Gasteiger partial charge in [-0.2, -0.15) is 0 Å². The highest BCUT2D eigenvalue weighted by Crippen LogP contribution is 2.07. The smallest absolute Gasteiger partial charge is 0.0909 e. The first kappa shape index (κ1) is 10.9. The van der Waals surface area contributed by atoms with E-state index in [0.29, 0.717) is 18.9 Å². The summed E-state index contributed by atoms with van der Waals surface area (Å²) in [4.78, 5) is 2.23. The molecular weight excluding hydrogens is 171 g/mol. The zero-order valence-corrected chi connectivity index (χ0v) is 7.97. The molecule has 4 heteroatoms. The fourth-order valence-electron chi connectivity index (χ4n) is 1.78. The molecule has 1 N–H and O–H groups in total. The van der Waals surface area contributed by atoms with Gasteiger partial charge in [-0.05, 0) is 12.8 Å². The van der Waals surface area contributed by atoms with Crippen LogP contribution in [-0.2, 0) is 5.11 Å². The van der Waals surface area contributed by atoms with Crippen LogP contribution in [-0.4, -0.2) is 50.4 Å². The Balaban J connectivity index is 2.28. The third-order valence-electron chi connectivity index (χ3n) is 2.50. The monoisotopic (exact) mass is 189 g/mol. The second-order valence-electron chi connectivity index (χ2n) is 3.43. The number of nitrogens with one attached hydrogen (secondary N) is 1. The Bertz CT molecular complexity index is 133. The van der Waals surface area contributed by atoms with Gasteiger partial charge in [0.2, 0.25) is 0 Å². The van der Waals surface area contributed by atoms with Crippen molar-refractivity contribution in [2.75, 3.05) is 39.5 Å². The number of hydrogen-bond donors (Lipinski definition) is 1. The Morgan fingerprint density at radius 2 is 2.38 bits per heavy atom. The maximum atomic E-state index is 12.2. The molecule has 0 aromatic carbocycles. The molecule has 1 radical (unpaired) electrons. The first-order chi connectivity index (χ1) is 6.38. The highest BCUT2D eigenvalue weighted by atomic mass is 19.1. The van der Waals surface area contributed by atoms with Crippen LogP contribution in [0.1, 0.15) is 12.8 Å². The van der Waals surface area contributed by atoms with Crippen LogP contribution in [0.25, 0.3) is 0 Å². The van der Waals surface area contributed by atoms with Crippen molar-refractivity contribution in [3.05, 3.63) is 0 Å². The van der Waals surface area contributed by atoms with Gasteiger partial charge in [-0.15, -0.1) is 0 Å². The van der Waals surface area contributed by atoms with E-state index in [1.807, 2.05) is 0 Å². The van der Waals surface area contributed by atoms with Crippen molar-refractivity contribution in [1.82, 2.24) is 10.2 Å². The normalized spacial score (nSPS) is 24.9. The molecule has 1 atom stereocenters. The number of hydrogen-bond acceptors (Lipinski definition) is 2. The number of alkyl halides is 1. The molecule has 0 saturated carbocycles. The van der Waals surface area contributed by atoms with Crippen LogP contribution in [0.3, 0.4) is 0 Å². The molecule has 0 aliphatic carbocycles. The van der Waals surface area contributed by atoms with E-state index in [-0.39, 0.29) is 13.3 Å². The van der Waals surface area contributed by atoms with E-state index in [4.69, 9.17) is 0 Å².